The number of halogens is 4. The monoisotopic (exact) mass is 601 g/mol. The SMILES string of the molecule is O=C(O)C(F)(F)F.O=C(c1ccccc1)c1ccc2[nH]c(COc3ccc(Cl)cc3)nc2c1CCCC1CCCCN1. The summed E-state index contributed by atoms with van der Waals surface area (Å²) in [7, 11) is 0. The highest BCUT2D eigenvalue weighted by atomic mass is 35.5. The maximum Gasteiger partial charge on any atom is 0.490 e. The fraction of sp³-hybridized carbons (Fsp3) is 0.323. The van der Waals surface area contributed by atoms with Gasteiger partial charge in [-0.3, -0.25) is 4.79 Å². The molecule has 3 aromatic carbocycles. The Morgan fingerprint density at radius 1 is 1.02 bits per heavy atom. The van der Waals surface area contributed by atoms with Crippen molar-refractivity contribution in [2.75, 3.05) is 6.54 Å². The summed E-state index contributed by atoms with van der Waals surface area (Å²) in [5.41, 5.74) is 4.23. The van der Waals surface area contributed by atoms with Crippen molar-refractivity contribution in [3.05, 3.63) is 94.3 Å². The van der Waals surface area contributed by atoms with Crippen LogP contribution in [0.4, 0.5) is 13.2 Å². The first-order valence-electron chi connectivity index (χ1n) is 13.6. The first-order valence-corrected chi connectivity index (χ1v) is 14.0. The molecule has 2 heterocycles. The molecule has 5 rings (SSSR count). The highest BCUT2D eigenvalue weighted by Crippen LogP contribution is 2.27. The maximum absolute atomic E-state index is 13.4. The van der Waals surface area contributed by atoms with Crippen LogP contribution in [0.5, 0.6) is 5.75 Å². The Balaban J connectivity index is 0.000000517. The van der Waals surface area contributed by atoms with Crippen LogP contribution in [0.15, 0.2) is 66.7 Å². The Bertz CT molecular complexity index is 1490. The molecule has 1 saturated heterocycles. The Morgan fingerprint density at radius 3 is 2.38 bits per heavy atom. The molecule has 11 heteroatoms. The van der Waals surface area contributed by atoms with Gasteiger partial charge in [0.25, 0.3) is 0 Å². The second-order valence-corrected chi connectivity index (χ2v) is 10.4. The molecule has 42 heavy (non-hydrogen) atoms. The number of aliphatic carboxylic acids is 1. The van der Waals surface area contributed by atoms with Gasteiger partial charge in [0.05, 0.1) is 11.0 Å². The number of piperidine rings is 1. The number of ether oxygens (including phenoxy) is 1. The minimum Gasteiger partial charge on any atom is -0.486 e. The summed E-state index contributed by atoms with van der Waals surface area (Å²) in [5.74, 6) is -1.25. The van der Waals surface area contributed by atoms with Gasteiger partial charge >= 0.3 is 12.1 Å². The minimum absolute atomic E-state index is 0.0419. The topological polar surface area (TPSA) is 104 Å². The number of nitrogens with one attached hydrogen (secondary N) is 2. The number of hydrogen-bond donors (Lipinski definition) is 3. The Hall–Kier alpha value is -3.89. The predicted octanol–water partition coefficient (Wildman–Crippen LogP) is 7.12. The number of benzene rings is 3. The number of carboxylic acid groups (broad SMARTS) is 1. The molecule has 1 unspecified atom stereocenters. The molecule has 1 aromatic heterocycles. The summed E-state index contributed by atoms with van der Waals surface area (Å²) in [6, 6.07) is 21.2. The molecule has 1 fully saturated rings. The van der Waals surface area contributed by atoms with Crippen LogP contribution in [0.2, 0.25) is 5.02 Å². The van der Waals surface area contributed by atoms with Gasteiger partial charge in [-0.05, 0) is 80.6 Å². The van der Waals surface area contributed by atoms with E-state index < -0.39 is 12.1 Å². The lowest BCUT2D eigenvalue weighted by Crippen LogP contribution is -2.33. The first-order chi connectivity index (χ1) is 20.1. The van der Waals surface area contributed by atoms with E-state index in [2.05, 4.69) is 10.3 Å². The molecule has 222 valence electrons. The zero-order chi connectivity index (χ0) is 30.1. The molecule has 4 aromatic rings. The maximum atomic E-state index is 13.4. The molecule has 0 aliphatic carbocycles. The highest BCUT2D eigenvalue weighted by Gasteiger charge is 2.38. The van der Waals surface area contributed by atoms with Gasteiger partial charge in [0.15, 0.2) is 5.78 Å². The third-order valence-corrected chi connectivity index (χ3v) is 7.16. The van der Waals surface area contributed by atoms with Crippen LogP contribution in [0.3, 0.4) is 0 Å². The van der Waals surface area contributed by atoms with Crippen molar-refractivity contribution in [1.82, 2.24) is 15.3 Å². The lowest BCUT2D eigenvalue weighted by atomic mass is 9.92. The number of aryl methyl sites for hydroxylation is 1. The van der Waals surface area contributed by atoms with Crippen LogP contribution in [0.1, 0.15) is 59.4 Å². The van der Waals surface area contributed by atoms with E-state index in [0.717, 1.165) is 59.5 Å². The number of carboxylic acids is 1. The zero-order valence-corrected chi connectivity index (χ0v) is 23.5. The van der Waals surface area contributed by atoms with Gasteiger partial charge in [-0.2, -0.15) is 13.2 Å². The first kappa shape index (κ1) is 31.1. The van der Waals surface area contributed by atoms with E-state index in [9.17, 15) is 18.0 Å². The van der Waals surface area contributed by atoms with E-state index in [1.54, 1.807) is 12.1 Å². The number of ketones is 1. The standard InChI is InChI=1S/C29H30ClN3O2.C2HF3O2/c30-21-12-14-23(15-13-21)35-19-27-32-26-17-16-25(29(34)20-7-2-1-3-8-20)24(28(26)33-27)11-6-10-22-9-4-5-18-31-22;3-2(4,5)1(6)7/h1-3,7-8,12-17,22,31H,4-6,9-11,18-19H2,(H,32,33);(H,6,7). The Labute approximate surface area is 246 Å². The van der Waals surface area contributed by atoms with Gasteiger partial charge in [0.2, 0.25) is 0 Å². The number of carbonyl (C=O) groups is 2. The normalized spacial score (nSPS) is 15.1. The molecule has 1 atom stereocenters. The lowest BCUT2D eigenvalue weighted by Gasteiger charge is -2.23. The average molecular weight is 602 g/mol. The van der Waals surface area contributed by atoms with Crippen LogP contribution in [-0.4, -0.2) is 45.6 Å². The fourth-order valence-corrected chi connectivity index (χ4v) is 4.97. The number of hydrogen-bond acceptors (Lipinski definition) is 5. The summed E-state index contributed by atoms with van der Waals surface area (Å²) < 4.78 is 37.6. The van der Waals surface area contributed by atoms with Crippen LogP contribution in [0, 0.1) is 0 Å². The lowest BCUT2D eigenvalue weighted by molar-refractivity contribution is -0.192. The van der Waals surface area contributed by atoms with Crippen molar-refractivity contribution in [2.24, 2.45) is 0 Å². The molecule has 0 amide bonds. The van der Waals surface area contributed by atoms with Crippen LogP contribution in [-0.2, 0) is 17.8 Å². The van der Waals surface area contributed by atoms with Crippen LogP contribution < -0.4 is 10.1 Å². The van der Waals surface area contributed by atoms with Gasteiger partial charge in [0, 0.05) is 22.2 Å². The van der Waals surface area contributed by atoms with Gasteiger partial charge in [0.1, 0.15) is 18.2 Å². The van der Waals surface area contributed by atoms with E-state index in [1.165, 1.54) is 19.3 Å². The minimum atomic E-state index is -5.08. The van der Waals surface area contributed by atoms with Crippen molar-refractivity contribution in [2.45, 2.75) is 57.3 Å². The van der Waals surface area contributed by atoms with E-state index in [0.29, 0.717) is 23.2 Å². The highest BCUT2D eigenvalue weighted by molar-refractivity contribution is 6.30. The number of imidazole rings is 1. The number of rotatable bonds is 9. The molecule has 0 spiro atoms. The number of H-pyrrole nitrogens is 1. The second kappa shape index (κ2) is 14.3. The summed E-state index contributed by atoms with van der Waals surface area (Å²) in [5, 5.41) is 11.4. The molecule has 0 radical (unpaired) electrons. The summed E-state index contributed by atoms with van der Waals surface area (Å²) in [4.78, 5) is 30.6. The molecule has 0 bridgehead atoms. The van der Waals surface area contributed by atoms with E-state index in [1.807, 2.05) is 54.6 Å². The average Bonchev–Trinajstić information content (AvgIpc) is 3.41. The van der Waals surface area contributed by atoms with E-state index in [4.69, 9.17) is 31.2 Å². The molecule has 0 saturated carbocycles. The molecule has 7 nitrogen and oxygen atoms in total. The van der Waals surface area contributed by atoms with E-state index in [-0.39, 0.29) is 5.78 Å². The van der Waals surface area contributed by atoms with Crippen molar-refractivity contribution in [3.8, 4) is 5.75 Å². The Morgan fingerprint density at radius 2 is 1.74 bits per heavy atom. The van der Waals surface area contributed by atoms with Crippen LogP contribution >= 0.6 is 11.6 Å². The number of fused-ring (bicyclic) bond motifs is 1. The molecular formula is C31H31ClF3N3O4. The van der Waals surface area contributed by atoms with Crippen molar-refractivity contribution in [1.29, 1.82) is 0 Å². The number of aromatic nitrogens is 2. The second-order valence-electron chi connectivity index (χ2n) is 9.95. The zero-order valence-electron chi connectivity index (χ0n) is 22.7. The summed E-state index contributed by atoms with van der Waals surface area (Å²) >= 11 is 5.97. The largest absolute Gasteiger partial charge is 0.490 e. The molecule has 3 N–H and O–H groups in total. The number of alkyl halides is 3. The van der Waals surface area contributed by atoms with Gasteiger partial charge in [-0.1, -0.05) is 48.4 Å². The van der Waals surface area contributed by atoms with Crippen molar-refractivity contribution < 1.29 is 32.6 Å². The number of aromatic amines is 1. The van der Waals surface area contributed by atoms with E-state index >= 15 is 0 Å². The van der Waals surface area contributed by atoms with Gasteiger partial charge in [-0.25, -0.2) is 9.78 Å². The van der Waals surface area contributed by atoms with Crippen molar-refractivity contribution >= 4 is 34.4 Å². The summed E-state index contributed by atoms with van der Waals surface area (Å²) in [6.07, 6.45) is 1.63. The van der Waals surface area contributed by atoms with Gasteiger partial charge < -0.3 is 20.1 Å². The molecular weight excluding hydrogens is 571 g/mol. The number of nitrogens with zero attached hydrogens (tertiary/aromatic N) is 1. The van der Waals surface area contributed by atoms with Gasteiger partial charge in [-0.15, -0.1) is 0 Å². The van der Waals surface area contributed by atoms with Crippen molar-refractivity contribution in [3.63, 3.8) is 0 Å². The molecule has 1 aliphatic rings. The van der Waals surface area contributed by atoms with Crippen LogP contribution in [0.25, 0.3) is 11.0 Å². The predicted molar refractivity (Wildman–Crippen MR) is 154 cm³/mol. The Kier molecular flexibility index (Phi) is 10.6. The third kappa shape index (κ3) is 8.56. The quantitative estimate of drug-likeness (QED) is 0.176. The fourth-order valence-electron chi connectivity index (χ4n) is 4.84. The smallest absolute Gasteiger partial charge is 0.486 e. The summed E-state index contributed by atoms with van der Waals surface area (Å²) in [6.45, 7) is 1.41. The third-order valence-electron chi connectivity index (χ3n) is 6.91. The molecule has 1 aliphatic heterocycles. The number of carbonyl (C=O) groups excluding carboxylic acids is 1.